The van der Waals surface area contributed by atoms with Crippen molar-refractivity contribution in [1.29, 1.82) is 5.26 Å². The third-order valence-electron chi connectivity index (χ3n) is 1.85. The molecule has 0 aliphatic heterocycles. The first-order chi connectivity index (χ1) is 8.14. The molecular formula is C9H9F3N2O2S2. The van der Waals surface area contributed by atoms with Crippen LogP contribution < -0.4 is 4.72 Å². The molecule has 0 saturated heterocycles. The van der Waals surface area contributed by atoms with Crippen molar-refractivity contribution in [3.63, 3.8) is 0 Å². The Morgan fingerprint density at radius 1 is 1.50 bits per heavy atom. The third-order valence-corrected chi connectivity index (χ3v) is 4.92. The molecule has 0 aliphatic rings. The molecule has 1 unspecified atom stereocenters. The molecule has 0 bridgehead atoms. The van der Waals surface area contributed by atoms with Gasteiger partial charge in [0.05, 0.1) is 6.42 Å². The summed E-state index contributed by atoms with van der Waals surface area (Å²) in [5.74, 6) is 0. The molecule has 4 nitrogen and oxygen atoms in total. The molecule has 1 aromatic rings. The zero-order chi connectivity index (χ0) is 14.0. The van der Waals surface area contributed by atoms with Crippen LogP contribution in [0.5, 0.6) is 0 Å². The quantitative estimate of drug-likeness (QED) is 0.926. The lowest BCUT2D eigenvalue weighted by molar-refractivity contribution is -0.137. The summed E-state index contributed by atoms with van der Waals surface area (Å²) in [7, 11) is -4.00. The number of alkyl halides is 3. The first-order valence-corrected chi connectivity index (χ1v) is 7.03. The van der Waals surface area contributed by atoms with E-state index in [9.17, 15) is 21.6 Å². The van der Waals surface area contributed by atoms with Crippen LogP contribution in [0.15, 0.2) is 16.3 Å². The summed E-state index contributed by atoms with van der Waals surface area (Å²) in [5.41, 5.74) is 0. The van der Waals surface area contributed by atoms with Gasteiger partial charge >= 0.3 is 6.18 Å². The largest absolute Gasteiger partial charge is 0.390 e. The molecular weight excluding hydrogens is 289 g/mol. The maximum Gasteiger partial charge on any atom is 0.390 e. The second-order valence-corrected chi connectivity index (χ2v) is 6.60. The van der Waals surface area contributed by atoms with Gasteiger partial charge in [0.1, 0.15) is 15.2 Å². The monoisotopic (exact) mass is 298 g/mol. The molecule has 1 aromatic heterocycles. The Morgan fingerprint density at radius 3 is 2.56 bits per heavy atom. The summed E-state index contributed by atoms with van der Waals surface area (Å²) in [6.45, 7) is 1.13. The highest BCUT2D eigenvalue weighted by Crippen LogP contribution is 2.24. The summed E-state index contributed by atoms with van der Waals surface area (Å²) in [5, 5.41) is 8.55. The van der Waals surface area contributed by atoms with E-state index in [1.807, 2.05) is 4.72 Å². The van der Waals surface area contributed by atoms with Gasteiger partial charge in [0.25, 0.3) is 0 Å². The standard InChI is InChI=1S/C9H9F3N2O2S2/c1-6(4-9(10,11)12)14-18(15,16)8-3-2-7(5-13)17-8/h2-3,6,14H,4H2,1H3. The lowest BCUT2D eigenvalue weighted by Gasteiger charge is -2.15. The number of halogens is 3. The molecule has 0 aliphatic carbocycles. The molecule has 1 N–H and O–H groups in total. The fourth-order valence-corrected chi connectivity index (χ4v) is 3.60. The topological polar surface area (TPSA) is 70.0 Å². The van der Waals surface area contributed by atoms with E-state index >= 15 is 0 Å². The highest BCUT2D eigenvalue weighted by atomic mass is 32.2. The van der Waals surface area contributed by atoms with E-state index in [0.717, 1.165) is 6.92 Å². The summed E-state index contributed by atoms with van der Waals surface area (Å²) in [4.78, 5) is 0.179. The molecule has 18 heavy (non-hydrogen) atoms. The second kappa shape index (κ2) is 5.26. The summed E-state index contributed by atoms with van der Waals surface area (Å²) in [6, 6.07) is 2.98. The fraction of sp³-hybridized carbons (Fsp3) is 0.444. The van der Waals surface area contributed by atoms with Crippen LogP contribution in [-0.4, -0.2) is 20.6 Å². The van der Waals surface area contributed by atoms with Crippen LogP contribution in [0.25, 0.3) is 0 Å². The van der Waals surface area contributed by atoms with Crippen LogP contribution >= 0.6 is 11.3 Å². The Kier molecular flexibility index (Phi) is 4.37. The van der Waals surface area contributed by atoms with Crippen LogP contribution in [0, 0.1) is 11.3 Å². The van der Waals surface area contributed by atoms with Crippen LogP contribution in [0.3, 0.4) is 0 Å². The predicted octanol–water partition coefficient (Wildman–Crippen LogP) is 2.24. The van der Waals surface area contributed by atoms with Crippen molar-refractivity contribution in [1.82, 2.24) is 4.72 Å². The maximum absolute atomic E-state index is 12.1. The van der Waals surface area contributed by atoms with Crippen LogP contribution in [0.1, 0.15) is 18.2 Å². The van der Waals surface area contributed by atoms with Gasteiger partial charge in [-0.15, -0.1) is 11.3 Å². The Balaban J connectivity index is 2.80. The Bertz CT molecular complexity index is 557. The van der Waals surface area contributed by atoms with E-state index in [-0.39, 0.29) is 9.09 Å². The minimum absolute atomic E-state index is 0.173. The predicted molar refractivity (Wildman–Crippen MR) is 59.5 cm³/mol. The normalized spacial score (nSPS) is 14.2. The zero-order valence-corrected chi connectivity index (χ0v) is 10.8. The number of rotatable bonds is 4. The van der Waals surface area contributed by atoms with E-state index in [0.29, 0.717) is 11.3 Å². The average Bonchev–Trinajstić information content (AvgIpc) is 2.61. The van der Waals surface area contributed by atoms with Crippen molar-refractivity contribution in [3.05, 3.63) is 17.0 Å². The van der Waals surface area contributed by atoms with Gasteiger partial charge < -0.3 is 0 Å². The van der Waals surface area contributed by atoms with Crippen molar-refractivity contribution in [3.8, 4) is 6.07 Å². The molecule has 1 rings (SSSR count). The lowest BCUT2D eigenvalue weighted by atomic mass is 10.2. The molecule has 0 saturated carbocycles. The number of nitrogens with one attached hydrogen (secondary N) is 1. The summed E-state index contributed by atoms with van der Waals surface area (Å²) >= 11 is 0.707. The van der Waals surface area contributed by atoms with Crippen molar-refractivity contribution in [2.24, 2.45) is 0 Å². The number of thiophene rings is 1. The number of hydrogen-bond donors (Lipinski definition) is 1. The van der Waals surface area contributed by atoms with E-state index < -0.39 is 28.7 Å². The minimum atomic E-state index is -4.44. The molecule has 0 fully saturated rings. The fourth-order valence-electron chi connectivity index (χ4n) is 1.24. The van der Waals surface area contributed by atoms with Gasteiger partial charge in [-0.3, -0.25) is 0 Å². The third kappa shape index (κ3) is 4.29. The molecule has 0 aromatic carbocycles. The van der Waals surface area contributed by atoms with E-state index in [2.05, 4.69) is 0 Å². The average molecular weight is 298 g/mol. The van der Waals surface area contributed by atoms with Gasteiger partial charge in [-0.05, 0) is 19.1 Å². The van der Waals surface area contributed by atoms with E-state index in [1.165, 1.54) is 12.1 Å². The molecule has 100 valence electrons. The molecule has 1 heterocycles. The Morgan fingerprint density at radius 2 is 2.11 bits per heavy atom. The van der Waals surface area contributed by atoms with E-state index in [4.69, 9.17) is 5.26 Å². The summed E-state index contributed by atoms with van der Waals surface area (Å²) in [6.07, 6.45) is -5.68. The molecule has 0 spiro atoms. The van der Waals surface area contributed by atoms with Crippen molar-refractivity contribution < 1.29 is 21.6 Å². The smallest absolute Gasteiger partial charge is 0.207 e. The second-order valence-electron chi connectivity index (χ2n) is 3.57. The number of nitrogens with zero attached hydrogens (tertiary/aromatic N) is 1. The first-order valence-electron chi connectivity index (χ1n) is 4.73. The van der Waals surface area contributed by atoms with Crippen molar-refractivity contribution in [2.75, 3.05) is 0 Å². The van der Waals surface area contributed by atoms with Gasteiger partial charge in [0.2, 0.25) is 10.0 Å². The van der Waals surface area contributed by atoms with Crippen LogP contribution in [0.2, 0.25) is 0 Å². The van der Waals surface area contributed by atoms with Gasteiger partial charge in [0.15, 0.2) is 0 Å². The maximum atomic E-state index is 12.1. The first kappa shape index (κ1) is 14.9. The Labute approximate surface area is 106 Å². The van der Waals surface area contributed by atoms with E-state index in [1.54, 1.807) is 6.07 Å². The molecule has 0 amide bonds. The van der Waals surface area contributed by atoms with Crippen LogP contribution in [0.4, 0.5) is 13.2 Å². The molecule has 0 radical (unpaired) electrons. The molecule has 9 heteroatoms. The van der Waals surface area contributed by atoms with Crippen LogP contribution in [-0.2, 0) is 10.0 Å². The summed E-state index contributed by atoms with van der Waals surface area (Å²) < 4.78 is 61.3. The number of nitriles is 1. The van der Waals surface area contributed by atoms with Gasteiger partial charge in [-0.25, -0.2) is 13.1 Å². The van der Waals surface area contributed by atoms with Crippen molar-refractivity contribution >= 4 is 21.4 Å². The van der Waals surface area contributed by atoms with Crippen molar-refractivity contribution in [2.45, 2.75) is 29.8 Å². The number of hydrogen-bond acceptors (Lipinski definition) is 4. The number of sulfonamides is 1. The van der Waals surface area contributed by atoms with Gasteiger partial charge in [-0.2, -0.15) is 18.4 Å². The zero-order valence-electron chi connectivity index (χ0n) is 9.15. The highest BCUT2D eigenvalue weighted by Gasteiger charge is 2.32. The highest BCUT2D eigenvalue weighted by molar-refractivity contribution is 7.91. The SMILES string of the molecule is CC(CC(F)(F)F)NS(=O)(=O)c1ccc(C#N)s1. The van der Waals surface area contributed by atoms with Gasteiger partial charge in [-0.1, -0.05) is 0 Å². The minimum Gasteiger partial charge on any atom is -0.207 e. The molecule has 1 atom stereocenters. The van der Waals surface area contributed by atoms with Gasteiger partial charge in [0, 0.05) is 6.04 Å². The Hall–Kier alpha value is -1.11. The lowest BCUT2D eigenvalue weighted by Crippen LogP contribution is -2.35.